The van der Waals surface area contributed by atoms with E-state index in [0.29, 0.717) is 25.1 Å². The van der Waals surface area contributed by atoms with E-state index >= 15 is 0 Å². The van der Waals surface area contributed by atoms with Gasteiger partial charge in [-0.1, -0.05) is 48.0 Å². The minimum absolute atomic E-state index is 0.0321. The van der Waals surface area contributed by atoms with Crippen LogP contribution in [-0.4, -0.2) is 29.8 Å². The Hall–Kier alpha value is -2.69. The van der Waals surface area contributed by atoms with E-state index in [-0.39, 0.29) is 24.2 Å². The van der Waals surface area contributed by atoms with Crippen LogP contribution < -0.4 is 5.32 Å². The molecule has 0 atom stereocenters. The Morgan fingerprint density at radius 3 is 2.56 bits per heavy atom. The molecule has 0 unspecified atom stereocenters. The second-order valence-electron chi connectivity index (χ2n) is 6.05. The summed E-state index contributed by atoms with van der Waals surface area (Å²) >= 11 is 0. The number of hydrogen-bond donors (Lipinski definition) is 1. The number of hydrogen-bond acceptors (Lipinski definition) is 2. The molecular formula is C20H23FN2O2. The third-order valence-corrected chi connectivity index (χ3v) is 3.96. The van der Waals surface area contributed by atoms with Crippen LogP contribution in [0.15, 0.2) is 48.5 Å². The van der Waals surface area contributed by atoms with Gasteiger partial charge in [0.05, 0.1) is 6.54 Å². The normalized spacial score (nSPS) is 10.4. The number of nitrogens with one attached hydrogen (secondary N) is 1. The van der Waals surface area contributed by atoms with Gasteiger partial charge in [0.25, 0.3) is 0 Å². The molecule has 2 amide bonds. The van der Waals surface area contributed by atoms with Crippen LogP contribution in [0.1, 0.15) is 23.6 Å². The van der Waals surface area contributed by atoms with Crippen LogP contribution in [0.2, 0.25) is 0 Å². The third kappa shape index (κ3) is 6.03. The number of carbonyl (C=O) groups is 2. The molecule has 0 aromatic heterocycles. The minimum Gasteiger partial charge on any atom is -0.350 e. The van der Waals surface area contributed by atoms with Gasteiger partial charge in [-0.15, -0.1) is 0 Å². The fourth-order valence-corrected chi connectivity index (χ4v) is 2.56. The number of amides is 2. The molecule has 0 saturated heterocycles. The molecule has 0 heterocycles. The van der Waals surface area contributed by atoms with E-state index in [1.165, 1.54) is 17.9 Å². The summed E-state index contributed by atoms with van der Waals surface area (Å²) in [6.45, 7) is 4.09. The summed E-state index contributed by atoms with van der Waals surface area (Å²) in [7, 11) is 0. The molecule has 2 aromatic rings. The average molecular weight is 342 g/mol. The standard InChI is InChI=1S/C20H23FN2O2/c1-15-6-5-7-17(12-15)13-22-20(25)14-23(16(2)24)11-10-18-8-3-4-9-19(18)21/h3-9,12H,10-11,13-14H2,1-2H3,(H,22,25). The summed E-state index contributed by atoms with van der Waals surface area (Å²) in [5.74, 6) is -0.734. The Balaban J connectivity index is 1.86. The molecule has 0 fully saturated rings. The maximum atomic E-state index is 13.7. The van der Waals surface area contributed by atoms with Crippen molar-refractivity contribution in [2.24, 2.45) is 0 Å². The van der Waals surface area contributed by atoms with Crippen molar-refractivity contribution in [1.29, 1.82) is 0 Å². The van der Waals surface area contributed by atoms with Crippen LogP contribution in [0.5, 0.6) is 0 Å². The summed E-state index contributed by atoms with van der Waals surface area (Å²) in [5, 5.41) is 2.81. The van der Waals surface area contributed by atoms with Crippen LogP contribution in [0, 0.1) is 12.7 Å². The van der Waals surface area contributed by atoms with E-state index in [9.17, 15) is 14.0 Å². The van der Waals surface area contributed by atoms with Gasteiger partial charge in [0.2, 0.25) is 11.8 Å². The molecule has 0 bridgehead atoms. The maximum Gasteiger partial charge on any atom is 0.239 e. The predicted molar refractivity (Wildman–Crippen MR) is 95.4 cm³/mol. The molecule has 0 radical (unpaired) electrons. The molecule has 0 aliphatic carbocycles. The lowest BCUT2D eigenvalue weighted by molar-refractivity contribution is -0.134. The average Bonchev–Trinajstić information content (AvgIpc) is 2.58. The zero-order valence-corrected chi connectivity index (χ0v) is 14.6. The van der Waals surface area contributed by atoms with Crippen LogP contribution >= 0.6 is 0 Å². The number of halogens is 1. The van der Waals surface area contributed by atoms with Crippen molar-refractivity contribution in [3.8, 4) is 0 Å². The van der Waals surface area contributed by atoms with E-state index in [1.54, 1.807) is 18.2 Å². The molecule has 4 nitrogen and oxygen atoms in total. The lowest BCUT2D eigenvalue weighted by Crippen LogP contribution is -2.40. The summed E-state index contributed by atoms with van der Waals surface area (Å²) in [6, 6.07) is 14.3. The molecule has 0 spiro atoms. The van der Waals surface area contributed by atoms with Crippen LogP contribution in [0.25, 0.3) is 0 Å². The quantitative estimate of drug-likeness (QED) is 0.841. The summed E-state index contributed by atoms with van der Waals surface area (Å²) in [4.78, 5) is 25.3. The van der Waals surface area contributed by atoms with Crippen molar-refractivity contribution < 1.29 is 14.0 Å². The van der Waals surface area contributed by atoms with E-state index in [0.717, 1.165) is 11.1 Å². The van der Waals surface area contributed by atoms with E-state index < -0.39 is 0 Å². The number of rotatable bonds is 7. The lowest BCUT2D eigenvalue weighted by atomic mass is 10.1. The van der Waals surface area contributed by atoms with Gasteiger partial charge in [-0.3, -0.25) is 9.59 Å². The second kappa shape index (κ2) is 8.97. The zero-order chi connectivity index (χ0) is 18.2. The fourth-order valence-electron chi connectivity index (χ4n) is 2.56. The van der Waals surface area contributed by atoms with Crippen molar-refractivity contribution in [2.75, 3.05) is 13.1 Å². The van der Waals surface area contributed by atoms with Gasteiger partial charge < -0.3 is 10.2 Å². The van der Waals surface area contributed by atoms with E-state index in [2.05, 4.69) is 5.32 Å². The highest BCUT2D eigenvalue weighted by Gasteiger charge is 2.14. The monoisotopic (exact) mass is 342 g/mol. The van der Waals surface area contributed by atoms with Crippen LogP contribution in [0.3, 0.4) is 0 Å². The Bertz CT molecular complexity index is 746. The van der Waals surface area contributed by atoms with Gasteiger partial charge in [-0.25, -0.2) is 4.39 Å². The molecule has 132 valence electrons. The van der Waals surface area contributed by atoms with Crippen molar-refractivity contribution in [2.45, 2.75) is 26.8 Å². The number of nitrogens with zero attached hydrogens (tertiary/aromatic N) is 1. The van der Waals surface area contributed by atoms with Crippen LogP contribution in [0.4, 0.5) is 4.39 Å². The molecule has 0 saturated carbocycles. The summed E-state index contributed by atoms with van der Waals surface area (Å²) in [6.07, 6.45) is 0.372. The first-order valence-electron chi connectivity index (χ1n) is 8.27. The SMILES string of the molecule is CC(=O)N(CCc1ccccc1F)CC(=O)NCc1cccc(C)c1. The van der Waals surface area contributed by atoms with Gasteiger partial charge in [0.15, 0.2) is 0 Å². The first kappa shape index (κ1) is 18.6. The zero-order valence-electron chi connectivity index (χ0n) is 14.6. The largest absolute Gasteiger partial charge is 0.350 e. The van der Waals surface area contributed by atoms with Gasteiger partial charge in [-0.05, 0) is 30.5 Å². The highest BCUT2D eigenvalue weighted by atomic mass is 19.1. The van der Waals surface area contributed by atoms with Gasteiger partial charge in [-0.2, -0.15) is 0 Å². The van der Waals surface area contributed by atoms with E-state index in [1.807, 2.05) is 31.2 Å². The van der Waals surface area contributed by atoms with Crippen molar-refractivity contribution >= 4 is 11.8 Å². The topological polar surface area (TPSA) is 49.4 Å². The third-order valence-electron chi connectivity index (χ3n) is 3.96. The Kier molecular flexibility index (Phi) is 6.69. The molecule has 5 heteroatoms. The molecule has 25 heavy (non-hydrogen) atoms. The second-order valence-corrected chi connectivity index (χ2v) is 6.05. The smallest absolute Gasteiger partial charge is 0.239 e. The minimum atomic E-state index is -0.296. The Morgan fingerprint density at radius 1 is 1.12 bits per heavy atom. The van der Waals surface area contributed by atoms with E-state index in [4.69, 9.17) is 0 Å². The van der Waals surface area contributed by atoms with Crippen molar-refractivity contribution in [3.05, 3.63) is 71.0 Å². The number of carbonyl (C=O) groups excluding carboxylic acids is 2. The fraction of sp³-hybridized carbons (Fsp3) is 0.300. The summed E-state index contributed by atoms with van der Waals surface area (Å²) < 4.78 is 13.7. The highest BCUT2D eigenvalue weighted by Crippen LogP contribution is 2.08. The van der Waals surface area contributed by atoms with Gasteiger partial charge in [0, 0.05) is 20.0 Å². The van der Waals surface area contributed by atoms with Gasteiger partial charge in [0.1, 0.15) is 5.82 Å². The number of benzene rings is 2. The first-order valence-corrected chi connectivity index (χ1v) is 8.27. The Morgan fingerprint density at radius 2 is 1.88 bits per heavy atom. The lowest BCUT2D eigenvalue weighted by Gasteiger charge is -2.20. The summed E-state index contributed by atoms with van der Waals surface area (Å²) in [5.41, 5.74) is 2.67. The van der Waals surface area contributed by atoms with Crippen molar-refractivity contribution in [3.63, 3.8) is 0 Å². The molecule has 0 aliphatic rings. The van der Waals surface area contributed by atoms with Crippen molar-refractivity contribution in [1.82, 2.24) is 10.2 Å². The predicted octanol–water partition coefficient (Wildman–Crippen LogP) is 2.84. The molecule has 0 aliphatic heterocycles. The number of aryl methyl sites for hydroxylation is 1. The first-order chi connectivity index (χ1) is 12.0. The van der Waals surface area contributed by atoms with Gasteiger partial charge >= 0.3 is 0 Å². The highest BCUT2D eigenvalue weighted by molar-refractivity contribution is 5.83. The Labute approximate surface area is 147 Å². The maximum absolute atomic E-state index is 13.7. The molecule has 1 N–H and O–H groups in total. The molecule has 2 rings (SSSR count). The molecule has 2 aromatic carbocycles. The molecular weight excluding hydrogens is 319 g/mol. The van der Waals surface area contributed by atoms with Crippen LogP contribution in [-0.2, 0) is 22.6 Å².